The monoisotopic (exact) mass is 424 g/mol. The van der Waals surface area contributed by atoms with Gasteiger partial charge in [-0.1, -0.05) is 56.0 Å². The molecule has 158 valence electrons. The van der Waals surface area contributed by atoms with E-state index in [2.05, 4.69) is 29.0 Å². The van der Waals surface area contributed by atoms with E-state index in [1.807, 2.05) is 43.3 Å². The Morgan fingerprint density at radius 1 is 0.688 bits per heavy atom. The molecule has 4 heteroatoms. The minimum atomic E-state index is -0.657. The lowest BCUT2D eigenvalue weighted by molar-refractivity contribution is 0.586. The van der Waals surface area contributed by atoms with Crippen molar-refractivity contribution in [3.05, 3.63) is 107 Å². The van der Waals surface area contributed by atoms with Crippen molar-refractivity contribution in [3.63, 3.8) is 0 Å². The molecule has 0 atom stereocenters. The maximum Gasteiger partial charge on any atom is 0.149 e. The Labute approximate surface area is 186 Å². The first kappa shape index (κ1) is 21.4. The van der Waals surface area contributed by atoms with E-state index >= 15 is 0 Å². The summed E-state index contributed by atoms with van der Waals surface area (Å²) in [6, 6.07) is 21.7. The van der Waals surface area contributed by atoms with Crippen molar-refractivity contribution in [1.29, 1.82) is 0 Å². The van der Waals surface area contributed by atoms with Crippen molar-refractivity contribution >= 4 is 22.1 Å². The maximum absolute atomic E-state index is 14.9. The van der Waals surface area contributed by atoms with Crippen LogP contribution in [0, 0.1) is 23.5 Å². The Morgan fingerprint density at radius 2 is 1.28 bits per heavy atom. The van der Waals surface area contributed by atoms with Crippen LogP contribution < -0.4 is 0 Å². The van der Waals surface area contributed by atoms with Gasteiger partial charge in [-0.3, -0.25) is 0 Å². The number of hydrogen-bond acceptors (Lipinski definition) is 2. The van der Waals surface area contributed by atoms with Crippen LogP contribution in [-0.2, 0) is 12.8 Å². The highest BCUT2D eigenvalue weighted by Crippen LogP contribution is 2.25. The zero-order valence-electron chi connectivity index (χ0n) is 18.0. The normalized spacial score (nSPS) is 11.0. The molecule has 0 aliphatic carbocycles. The summed E-state index contributed by atoms with van der Waals surface area (Å²) in [6.07, 6.45) is 1.79. The molecule has 0 unspecified atom stereocenters. The van der Waals surface area contributed by atoms with Gasteiger partial charge < -0.3 is 0 Å². The van der Waals surface area contributed by atoms with Crippen molar-refractivity contribution in [1.82, 2.24) is 0 Å². The lowest BCUT2D eigenvalue weighted by Crippen LogP contribution is -1.93. The van der Waals surface area contributed by atoms with E-state index in [1.165, 1.54) is 11.6 Å². The average Bonchev–Trinajstić information content (AvgIpc) is 2.83. The Hall–Kier alpha value is -3.84. The quantitative estimate of drug-likeness (QED) is 0.234. The fourth-order valence-corrected chi connectivity index (χ4v) is 3.37. The molecule has 0 heterocycles. The number of halogens is 2. The molecule has 0 N–H and O–H groups in total. The Kier molecular flexibility index (Phi) is 6.37. The lowest BCUT2D eigenvalue weighted by Gasteiger charge is -2.05. The molecule has 0 fully saturated rings. The smallest absolute Gasteiger partial charge is 0.149 e. The van der Waals surface area contributed by atoms with E-state index in [0.29, 0.717) is 22.0 Å². The number of nitrogens with zero attached hydrogens (tertiary/aromatic N) is 2. The maximum atomic E-state index is 14.9. The fraction of sp³-hybridized carbons (Fsp3) is 0.143. The summed E-state index contributed by atoms with van der Waals surface area (Å²) >= 11 is 0. The van der Waals surface area contributed by atoms with E-state index < -0.39 is 11.6 Å². The van der Waals surface area contributed by atoms with Gasteiger partial charge >= 0.3 is 0 Å². The Bertz CT molecular complexity index is 1340. The van der Waals surface area contributed by atoms with E-state index in [1.54, 1.807) is 30.3 Å². The molecule has 2 nitrogen and oxygen atoms in total. The van der Waals surface area contributed by atoms with Gasteiger partial charge in [0.1, 0.15) is 11.6 Å². The van der Waals surface area contributed by atoms with E-state index in [4.69, 9.17) is 0 Å². The van der Waals surface area contributed by atoms with Crippen molar-refractivity contribution in [2.24, 2.45) is 10.2 Å². The predicted molar refractivity (Wildman–Crippen MR) is 126 cm³/mol. The third-order valence-corrected chi connectivity index (χ3v) is 5.33. The summed E-state index contributed by atoms with van der Waals surface area (Å²) < 4.78 is 29.4. The largest absolute Gasteiger partial charge is 0.205 e. The van der Waals surface area contributed by atoms with E-state index in [-0.39, 0.29) is 5.56 Å². The molecule has 0 saturated heterocycles. The number of benzene rings is 4. The SMILES string of the molecule is CCc1ccc(N=Nc2ccc(C#Cc3c(F)cc4cc(CC)ccc4c3F)cc2)cc1. The zero-order chi connectivity index (χ0) is 22.5. The van der Waals surface area contributed by atoms with Gasteiger partial charge in [0.25, 0.3) is 0 Å². The number of aryl methyl sites for hydroxylation is 2. The molecular weight excluding hydrogens is 402 g/mol. The van der Waals surface area contributed by atoms with E-state index in [0.717, 1.165) is 24.1 Å². The van der Waals surface area contributed by atoms with Crippen LogP contribution in [0.4, 0.5) is 20.2 Å². The molecule has 0 radical (unpaired) electrons. The summed E-state index contributed by atoms with van der Waals surface area (Å²) in [5.74, 6) is 4.21. The van der Waals surface area contributed by atoms with Gasteiger partial charge in [-0.05, 0) is 71.8 Å². The van der Waals surface area contributed by atoms with Gasteiger partial charge in [-0.15, -0.1) is 0 Å². The van der Waals surface area contributed by atoms with Crippen LogP contribution in [-0.4, -0.2) is 0 Å². The molecule has 0 bridgehead atoms. The molecule has 32 heavy (non-hydrogen) atoms. The molecule has 0 saturated carbocycles. The number of rotatable bonds is 4. The van der Waals surface area contributed by atoms with Crippen LogP contribution in [0.15, 0.2) is 83.0 Å². The molecule has 0 aliphatic rings. The third-order valence-electron chi connectivity index (χ3n) is 5.33. The molecule has 0 aromatic heterocycles. The topological polar surface area (TPSA) is 24.7 Å². The Balaban J connectivity index is 1.55. The second-order valence-corrected chi connectivity index (χ2v) is 7.47. The second-order valence-electron chi connectivity index (χ2n) is 7.47. The van der Waals surface area contributed by atoms with Gasteiger partial charge in [-0.25, -0.2) is 8.78 Å². The minimum Gasteiger partial charge on any atom is -0.205 e. The molecule has 0 aliphatic heterocycles. The van der Waals surface area contributed by atoms with Crippen LogP contribution in [0.5, 0.6) is 0 Å². The standard InChI is InChI=1S/C28H22F2N2/c1-3-19-5-11-23(12-6-19)31-32-24-13-7-21(8-14-24)10-16-26-27(29)18-22-17-20(4-2)9-15-25(22)28(26)30/h5-9,11-15,17-18H,3-4H2,1-2H3. The van der Waals surface area contributed by atoms with Crippen molar-refractivity contribution in [3.8, 4) is 11.8 Å². The first-order valence-corrected chi connectivity index (χ1v) is 10.6. The second kappa shape index (κ2) is 9.53. The number of azo groups is 1. The van der Waals surface area contributed by atoms with Crippen molar-refractivity contribution < 1.29 is 8.78 Å². The average molecular weight is 424 g/mol. The summed E-state index contributed by atoms with van der Waals surface area (Å²) in [5.41, 5.74) is 4.14. The predicted octanol–water partition coefficient (Wildman–Crippen LogP) is 8.06. The summed E-state index contributed by atoms with van der Waals surface area (Å²) in [4.78, 5) is 0. The number of hydrogen-bond donors (Lipinski definition) is 0. The van der Waals surface area contributed by atoms with Crippen molar-refractivity contribution in [2.75, 3.05) is 0 Å². The highest BCUT2D eigenvalue weighted by molar-refractivity contribution is 5.85. The fourth-order valence-electron chi connectivity index (χ4n) is 3.37. The van der Waals surface area contributed by atoms with E-state index in [9.17, 15) is 8.78 Å². The molecular formula is C28H22F2N2. The summed E-state index contributed by atoms with van der Waals surface area (Å²) in [7, 11) is 0. The van der Waals surface area contributed by atoms with Gasteiger partial charge in [0.2, 0.25) is 0 Å². The van der Waals surface area contributed by atoms with Gasteiger partial charge in [0.15, 0.2) is 0 Å². The summed E-state index contributed by atoms with van der Waals surface area (Å²) in [6.45, 7) is 4.11. The van der Waals surface area contributed by atoms with Crippen LogP contribution >= 0.6 is 0 Å². The van der Waals surface area contributed by atoms with Crippen LogP contribution in [0.25, 0.3) is 10.8 Å². The third kappa shape index (κ3) is 4.73. The minimum absolute atomic E-state index is 0.221. The van der Waals surface area contributed by atoms with Crippen molar-refractivity contribution in [2.45, 2.75) is 26.7 Å². The molecule has 0 amide bonds. The molecule has 4 aromatic carbocycles. The highest BCUT2D eigenvalue weighted by atomic mass is 19.1. The lowest BCUT2D eigenvalue weighted by atomic mass is 10.0. The molecule has 0 spiro atoms. The van der Waals surface area contributed by atoms with Gasteiger partial charge in [0.05, 0.1) is 16.9 Å². The highest BCUT2D eigenvalue weighted by Gasteiger charge is 2.12. The van der Waals surface area contributed by atoms with Crippen LogP contribution in [0.1, 0.15) is 36.1 Å². The molecule has 4 rings (SSSR count). The van der Waals surface area contributed by atoms with Gasteiger partial charge in [0, 0.05) is 10.9 Å². The molecule has 4 aromatic rings. The van der Waals surface area contributed by atoms with Gasteiger partial charge in [-0.2, -0.15) is 10.2 Å². The summed E-state index contributed by atoms with van der Waals surface area (Å²) in [5, 5.41) is 9.37. The van der Waals surface area contributed by atoms with Crippen LogP contribution in [0.2, 0.25) is 0 Å². The number of fused-ring (bicyclic) bond motifs is 1. The van der Waals surface area contributed by atoms with Crippen LogP contribution in [0.3, 0.4) is 0 Å². The first-order chi connectivity index (χ1) is 15.6. The Morgan fingerprint density at radius 3 is 1.91 bits per heavy atom. The zero-order valence-corrected chi connectivity index (χ0v) is 18.0. The first-order valence-electron chi connectivity index (χ1n) is 10.6.